The lowest BCUT2D eigenvalue weighted by Gasteiger charge is -2.04. The Labute approximate surface area is 136 Å². The van der Waals surface area contributed by atoms with Gasteiger partial charge in [0, 0.05) is 37.3 Å². The van der Waals surface area contributed by atoms with Gasteiger partial charge < -0.3 is 9.67 Å². The number of carbonyl (C=O) groups is 2. The SMILES string of the molecule is CC(=O)c1nn(CC(=O)O)c2ccc(-c3cnc(=O)n(C)c3)cc12. The summed E-state index contributed by atoms with van der Waals surface area (Å²) in [6, 6.07) is 5.23. The zero-order valence-electron chi connectivity index (χ0n) is 13.1. The maximum atomic E-state index is 11.8. The van der Waals surface area contributed by atoms with Crippen molar-refractivity contribution in [2.75, 3.05) is 0 Å². The normalized spacial score (nSPS) is 10.9. The number of carboxylic acid groups (broad SMARTS) is 1. The van der Waals surface area contributed by atoms with Crippen LogP contribution in [0.3, 0.4) is 0 Å². The molecule has 2 heterocycles. The maximum absolute atomic E-state index is 11.8. The third-order valence-corrected chi connectivity index (χ3v) is 3.65. The molecule has 2 aromatic heterocycles. The van der Waals surface area contributed by atoms with Crippen molar-refractivity contribution in [3.05, 3.63) is 46.8 Å². The van der Waals surface area contributed by atoms with Crippen LogP contribution < -0.4 is 5.69 Å². The summed E-state index contributed by atoms with van der Waals surface area (Å²) in [6.07, 6.45) is 3.10. The second-order valence-electron chi connectivity index (χ2n) is 5.42. The summed E-state index contributed by atoms with van der Waals surface area (Å²) in [7, 11) is 1.60. The number of fused-ring (bicyclic) bond motifs is 1. The lowest BCUT2D eigenvalue weighted by molar-refractivity contribution is -0.137. The zero-order chi connectivity index (χ0) is 17.4. The molecule has 0 bridgehead atoms. The summed E-state index contributed by atoms with van der Waals surface area (Å²) in [6.45, 7) is 1.05. The number of carboxylic acids is 1. The van der Waals surface area contributed by atoms with Crippen LogP contribution in [0.15, 0.2) is 35.4 Å². The number of aliphatic carboxylic acids is 1. The fraction of sp³-hybridized carbons (Fsp3) is 0.188. The molecule has 8 heteroatoms. The van der Waals surface area contributed by atoms with E-state index in [1.54, 1.807) is 31.4 Å². The first-order valence-electron chi connectivity index (χ1n) is 7.13. The molecule has 3 rings (SSSR count). The third kappa shape index (κ3) is 2.69. The molecule has 0 saturated heterocycles. The van der Waals surface area contributed by atoms with Crippen LogP contribution in [0.1, 0.15) is 17.4 Å². The second kappa shape index (κ2) is 5.73. The third-order valence-electron chi connectivity index (χ3n) is 3.65. The molecule has 0 atom stereocenters. The van der Waals surface area contributed by atoms with E-state index in [9.17, 15) is 14.4 Å². The van der Waals surface area contributed by atoms with Gasteiger partial charge in [-0.25, -0.2) is 9.78 Å². The maximum Gasteiger partial charge on any atom is 0.347 e. The van der Waals surface area contributed by atoms with Crippen molar-refractivity contribution in [2.45, 2.75) is 13.5 Å². The molecule has 8 nitrogen and oxygen atoms in total. The van der Waals surface area contributed by atoms with E-state index in [4.69, 9.17) is 5.11 Å². The van der Waals surface area contributed by atoms with Crippen LogP contribution in [-0.2, 0) is 18.4 Å². The van der Waals surface area contributed by atoms with E-state index in [0.29, 0.717) is 16.5 Å². The molecule has 0 amide bonds. The van der Waals surface area contributed by atoms with Crippen molar-refractivity contribution in [1.29, 1.82) is 0 Å². The van der Waals surface area contributed by atoms with Gasteiger partial charge in [0.15, 0.2) is 5.78 Å². The standard InChI is InChI=1S/C16H14N4O4/c1-9(21)15-12-5-10(11-6-17-16(24)19(2)7-11)3-4-13(12)20(18-15)8-14(22)23/h3-7H,8H2,1-2H3,(H,22,23). The first kappa shape index (κ1) is 15.6. The highest BCUT2D eigenvalue weighted by Gasteiger charge is 2.16. The molecule has 0 saturated carbocycles. The number of carbonyl (C=O) groups excluding carboxylic acids is 1. The van der Waals surface area contributed by atoms with Crippen LogP contribution in [0.25, 0.3) is 22.0 Å². The highest BCUT2D eigenvalue weighted by Crippen LogP contribution is 2.26. The van der Waals surface area contributed by atoms with E-state index in [2.05, 4.69) is 10.1 Å². The van der Waals surface area contributed by atoms with Crippen LogP contribution in [0.2, 0.25) is 0 Å². The first-order chi connectivity index (χ1) is 11.4. The van der Waals surface area contributed by atoms with Crippen LogP contribution >= 0.6 is 0 Å². The van der Waals surface area contributed by atoms with Crippen molar-refractivity contribution in [3.8, 4) is 11.1 Å². The highest BCUT2D eigenvalue weighted by molar-refractivity contribution is 6.06. The number of aromatic nitrogens is 4. The van der Waals surface area contributed by atoms with E-state index in [-0.39, 0.29) is 23.7 Å². The summed E-state index contributed by atoms with van der Waals surface area (Å²) >= 11 is 0. The van der Waals surface area contributed by atoms with Crippen molar-refractivity contribution in [2.24, 2.45) is 7.05 Å². The summed E-state index contributed by atoms with van der Waals surface area (Å²) in [5, 5.41) is 13.7. The van der Waals surface area contributed by atoms with Gasteiger partial charge in [0.1, 0.15) is 12.2 Å². The Morgan fingerprint density at radius 3 is 2.62 bits per heavy atom. The van der Waals surface area contributed by atoms with Crippen molar-refractivity contribution in [1.82, 2.24) is 19.3 Å². The monoisotopic (exact) mass is 326 g/mol. The fourth-order valence-corrected chi connectivity index (χ4v) is 2.53. The quantitative estimate of drug-likeness (QED) is 0.719. The Bertz CT molecular complexity index is 1030. The first-order valence-corrected chi connectivity index (χ1v) is 7.13. The predicted octanol–water partition coefficient (Wildman–Crippen LogP) is 1.08. The van der Waals surface area contributed by atoms with Gasteiger partial charge in [0.2, 0.25) is 0 Å². The summed E-state index contributed by atoms with van der Waals surface area (Å²) < 4.78 is 2.65. The zero-order valence-corrected chi connectivity index (χ0v) is 13.1. The fourth-order valence-electron chi connectivity index (χ4n) is 2.53. The van der Waals surface area contributed by atoms with Gasteiger partial charge in [-0.3, -0.25) is 14.3 Å². The minimum atomic E-state index is -1.04. The number of ketones is 1. The Kier molecular flexibility index (Phi) is 3.72. The smallest absolute Gasteiger partial charge is 0.347 e. The van der Waals surface area contributed by atoms with Gasteiger partial charge in [-0.15, -0.1) is 0 Å². The van der Waals surface area contributed by atoms with Gasteiger partial charge in [-0.1, -0.05) is 6.07 Å². The summed E-state index contributed by atoms with van der Waals surface area (Å²) in [5.41, 5.74) is 1.87. The highest BCUT2D eigenvalue weighted by atomic mass is 16.4. The Morgan fingerprint density at radius 2 is 2.00 bits per heavy atom. The molecule has 0 aliphatic carbocycles. The molecule has 24 heavy (non-hydrogen) atoms. The molecule has 0 fully saturated rings. The largest absolute Gasteiger partial charge is 0.480 e. The average molecular weight is 326 g/mol. The number of Topliss-reactive ketones (excluding diaryl/α,β-unsaturated/α-hetero) is 1. The molecule has 1 N–H and O–H groups in total. The summed E-state index contributed by atoms with van der Waals surface area (Å²) in [4.78, 5) is 38.0. The minimum Gasteiger partial charge on any atom is -0.480 e. The van der Waals surface area contributed by atoms with Gasteiger partial charge >= 0.3 is 11.7 Å². The Morgan fingerprint density at radius 1 is 1.25 bits per heavy atom. The van der Waals surface area contributed by atoms with Gasteiger partial charge in [-0.05, 0) is 17.7 Å². The molecule has 0 aliphatic rings. The van der Waals surface area contributed by atoms with Crippen LogP contribution in [-0.4, -0.2) is 36.2 Å². The van der Waals surface area contributed by atoms with E-state index in [0.717, 1.165) is 5.56 Å². The number of rotatable bonds is 4. The van der Waals surface area contributed by atoms with E-state index in [1.165, 1.54) is 22.4 Å². The molecule has 1 aromatic carbocycles. The second-order valence-corrected chi connectivity index (χ2v) is 5.42. The number of nitrogens with zero attached hydrogens (tertiary/aromatic N) is 4. The van der Waals surface area contributed by atoms with E-state index < -0.39 is 5.97 Å². The van der Waals surface area contributed by atoms with Gasteiger partial charge in [-0.2, -0.15) is 5.10 Å². The lowest BCUT2D eigenvalue weighted by Crippen LogP contribution is -2.18. The number of hydrogen-bond donors (Lipinski definition) is 1. The van der Waals surface area contributed by atoms with Gasteiger partial charge in [0.25, 0.3) is 0 Å². The number of aryl methyl sites for hydroxylation is 1. The predicted molar refractivity (Wildman–Crippen MR) is 85.8 cm³/mol. The number of benzene rings is 1. The van der Waals surface area contributed by atoms with Crippen LogP contribution in [0.5, 0.6) is 0 Å². The Balaban J connectivity index is 2.21. The molecule has 0 spiro atoms. The Hall–Kier alpha value is -3.29. The van der Waals surface area contributed by atoms with Crippen molar-refractivity contribution < 1.29 is 14.7 Å². The summed E-state index contributed by atoms with van der Waals surface area (Å²) in [5.74, 6) is -1.29. The molecule has 0 aliphatic heterocycles. The van der Waals surface area contributed by atoms with E-state index >= 15 is 0 Å². The molecular formula is C16H14N4O4. The van der Waals surface area contributed by atoms with Crippen LogP contribution in [0, 0.1) is 0 Å². The molecule has 0 radical (unpaired) electrons. The minimum absolute atomic E-state index is 0.214. The molecule has 122 valence electrons. The topological polar surface area (TPSA) is 107 Å². The molecule has 0 unspecified atom stereocenters. The number of hydrogen-bond acceptors (Lipinski definition) is 5. The van der Waals surface area contributed by atoms with E-state index in [1.807, 2.05) is 0 Å². The molecular weight excluding hydrogens is 312 g/mol. The van der Waals surface area contributed by atoms with Crippen molar-refractivity contribution >= 4 is 22.7 Å². The molecule has 3 aromatic rings. The van der Waals surface area contributed by atoms with Crippen molar-refractivity contribution in [3.63, 3.8) is 0 Å². The lowest BCUT2D eigenvalue weighted by atomic mass is 10.0. The van der Waals surface area contributed by atoms with Crippen LogP contribution in [0.4, 0.5) is 0 Å². The average Bonchev–Trinajstić information content (AvgIpc) is 2.87. The van der Waals surface area contributed by atoms with Gasteiger partial charge in [0.05, 0.1) is 5.52 Å².